The first-order valence-electron chi connectivity index (χ1n) is 18.0. The molecule has 1 aromatic carbocycles. The van der Waals surface area contributed by atoms with E-state index in [1.54, 1.807) is 0 Å². The van der Waals surface area contributed by atoms with Gasteiger partial charge in [0, 0.05) is 0 Å². The average molecular weight is 663 g/mol. The van der Waals surface area contributed by atoms with Crippen molar-refractivity contribution in [3.8, 4) is 0 Å². The van der Waals surface area contributed by atoms with E-state index in [4.69, 9.17) is 9.47 Å². The molecule has 0 aliphatic rings. The second kappa shape index (κ2) is 27.6. The van der Waals surface area contributed by atoms with Gasteiger partial charge in [0.05, 0.1) is 29.2 Å². The summed E-state index contributed by atoms with van der Waals surface area (Å²) >= 11 is 0. The molecule has 8 heteroatoms. The van der Waals surface area contributed by atoms with Crippen LogP contribution in [-0.4, -0.2) is 38.1 Å². The molecule has 0 aromatic heterocycles. The number of unbranched alkanes of at least 4 members (excludes halogenated alkanes) is 22. The molecule has 0 saturated carbocycles. The number of hydrogen-bond acceptors (Lipinski definition) is 6. The van der Waals surface area contributed by atoms with Gasteiger partial charge in [0.15, 0.2) is 0 Å². The highest BCUT2D eigenvalue weighted by molar-refractivity contribution is 7.85. The number of ether oxygens (including phenoxy) is 2. The maximum Gasteiger partial charge on any atom is 0.339 e. The summed E-state index contributed by atoms with van der Waals surface area (Å²) in [5.41, 5.74) is -0.284. The molecular formula is C38H62O7S. The molecule has 0 radical (unpaired) electrons. The Balaban J connectivity index is 2.32. The van der Waals surface area contributed by atoms with Gasteiger partial charge in [-0.2, -0.15) is 8.42 Å². The van der Waals surface area contributed by atoms with E-state index in [1.807, 2.05) is 12.2 Å². The Kier molecular flexibility index (Phi) is 25.0. The topological polar surface area (TPSA) is 107 Å². The molecule has 0 amide bonds. The van der Waals surface area contributed by atoms with Crippen LogP contribution in [0.15, 0.2) is 48.4 Å². The highest BCUT2D eigenvalue weighted by Crippen LogP contribution is 2.20. The Bertz CT molecular complexity index is 1080. The predicted octanol–water partition coefficient (Wildman–Crippen LogP) is 11.0. The molecule has 0 atom stereocenters. The van der Waals surface area contributed by atoms with E-state index in [-0.39, 0.29) is 24.3 Å². The van der Waals surface area contributed by atoms with Crippen LogP contribution in [0.4, 0.5) is 0 Å². The predicted molar refractivity (Wildman–Crippen MR) is 188 cm³/mol. The summed E-state index contributed by atoms with van der Waals surface area (Å²) in [6, 6.07) is 3.27. The van der Waals surface area contributed by atoms with Gasteiger partial charge in [-0.1, -0.05) is 128 Å². The fourth-order valence-electron chi connectivity index (χ4n) is 5.48. The van der Waals surface area contributed by atoms with Gasteiger partial charge in [0.2, 0.25) is 0 Å². The minimum atomic E-state index is -4.56. The molecule has 0 fully saturated rings. The van der Waals surface area contributed by atoms with Crippen LogP contribution in [0.5, 0.6) is 0 Å². The van der Waals surface area contributed by atoms with Gasteiger partial charge >= 0.3 is 11.9 Å². The fourth-order valence-corrected chi connectivity index (χ4v) is 5.99. The summed E-state index contributed by atoms with van der Waals surface area (Å²) in [4.78, 5) is 25.2. The second-order valence-electron chi connectivity index (χ2n) is 12.4. The lowest BCUT2D eigenvalue weighted by Gasteiger charge is -2.11. The number of benzene rings is 1. The van der Waals surface area contributed by atoms with Crippen molar-refractivity contribution in [3.63, 3.8) is 0 Å². The number of hydrogen-bond donors (Lipinski definition) is 1. The molecule has 0 aliphatic carbocycles. The quantitative estimate of drug-likeness (QED) is 0.0365. The first-order chi connectivity index (χ1) is 22.3. The maximum absolute atomic E-state index is 12.9. The zero-order chi connectivity index (χ0) is 33.7. The van der Waals surface area contributed by atoms with Crippen molar-refractivity contribution < 1.29 is 32.0 Å². The summed E-state index contributed by atoms with van der Waals surface area (Å²) in [6.07, 6.45) is 31.6. The van der Waals surface area contributed by atoms with Crippen LogP contribution in [-0.2, 0) is 19.6 Å². The van der Waals surface area contributed by atoms with Gasteiger partial charge in [-0.3, -0.25) is 4.55 Å². The summed E-state index contributed by atoms with van der Waals surface area (Å²) in [5.74, 6) is -1.51. The van der Waals surface area contributed by atoms with Crippen LogP contribution in [0.1, 0.15) is 175 Å². The van der Waals surface area contributed by atoms with Crippen LogP contribution in [0.3, 0.4) is 0 Å². The number of rotatable bonds is 31. The van der Waals surface area contributed by atoms with E-state index in [9.17, 15) is 22.6 Å². The van der Waals surface area contributed by atoms with Gasteiger partial charge in [-0.25, -0.2) is 9.59 Å². The zero-order valence-corrected chi connectivity index (χ0v) is 29.3. The SMILES string of the molecule is C=CCCCCCCCCCCCCCOC(=O)c1ccc(S(=O)(=O)O)cc1C(=O)OCCCCCCCCCCCCCC=C. The molecule has 0 heterocycles. The van der Waals surface area contributed by atoms with Gasteiger partial charge in [-0.15, -0.1) is 13.2 Å². The minimum Gasteiger partial charge on any atom is -0.462 e. The molecule has 0 bridgehead atoms. The van der Waals surface area contributed by atoms with Crippen molar-refractivity contribution in [2.75, 3.05) is 13.2 Å². The van der Waals surface area contributed by atoms with Crippen LogP contribution < -0.4 is 0 Å². The average Bonchev–Trinajstić information content (AvgIpc) is 3.04. The molecule has 1 aromatic rings. The van der Waals surface area contributed by atoms with Crippen molar-refractivity contribution in [1.82, 2.24) is 0 Å². The van der Waals surface area contributed by atoms with Crippen LogP contribution in [0.2, 0.25) is 0 Å². The van der Waals surface area contributed by atoms with Crippen molar-refractivity contribution in [2.45, 2.75) is 159 Å². The number of carbonyl (C=O) groups is 2. The van der Waals surface area contributed by atoms with Gasteiger partial charge < -0.3 is 9.47 Å². The first-order valence-corrected chi connectivity index (χ1v) is 19.4. The molecule has 0 unspecified atom stereocenters. The fraction of sp³-hybridized carbons (Fsp3) is 0.684. The van der Waals surface area contributed by atoms with Crippen LogP contribution >= 0.6 is 0 Å². The number of carbonyl (C=O) groups excluding carboxylic acids is 2. The maximum atomic E-state index is 12.9. The second-order valence-corrected chi connectivity index (χ2v) is 13.8. The van der Waals surface area contributed by atoms with E-state index in [1.165, 1.54) is 96.0 Å². The van der Waals surface area contributed by atoms with Crippen molar-refractivity contribution in [3.05, 3.63) is 54.6 Å². The Hall–Kier alpha value is -2.45. The summed E-state index contributed by atoms with van der Waals surface area (Å²) < 4.78 is 43.6. The molecule has 262 valence electrons. The van der Waals surface area contributed by atoms with Crippen LogP contribution in [0.25, 0.3) is 0 Å². The molecule has 46 heavy (non-hydrogen) atoms. The van der Waals surface area contributed by atoms with Crippen LogP contribution in [0, 0.1) is 0 Å². The minimum absolute atomic E-state index is 0.0670. The molecular weight excluding hydrogens is 600 g/mol. The highest BCUT2D eigenvalue weighted by atomic mass is 32.2. The molecule has 1 rings (SSSR count). The van der Waals surface area contributed by atoms with Gasteiger partial charge in [0.25, 0.3) is 10.1 Å². The van der Waals surface area contributed by atoms with E-state index < -0.39 is 27.0 Å². The third-order valence-corrected chi connectivity index (χ3v) is 9.15. The van der Waals surface area contributed by atoms with E-state index in [0.717, 1.165) is 63.5 Å². The third-order valence-electron chi connectivity index (χ3n) is 8.30. The standard InChI is InChI=1S/C38H62O7S/c1-3-5-7-9-11-13-15-17-19-21-23-25-27-31-44-37(39)35-30-29-34(46(41,42)43)33-36(35)38(40)45-32-28-26-24-22-20-18-16-14-12-10-8-6-4-2/h3-4,29-30,33H,1-2,5-28,31-32H2,(H,41,42,43). The lowest BCUT2D eigenvalue weighted by atomic mass is 10.1. The van der Waals surface area contributed by atoms with Gasteiger partial charge in [0.1, 0.15) is 0 Å². The van der Waals surface area contributed by atoms with Gasteiger partial charge in [-0.05, 0) is 56.7 Å². The molecule has 0 aliphatic heterocycles. The number of esters is 2. The summed E-state index contributed by atoms with van der Waals surface area (Å²) in [6.45, 7) is 7.90. The van der Waals surface area contributed by atoms with E-state index in [2.05, 4.69) is 13.2 Å². The van der Waals surface area contributed by atoms with Crippen molar-refractivity contribution in [2.24, 2.45) is 0 Å². The zero-order valence-electron chi connectivity index (χ0n) is 28.5. The lowest BCUT2D eigenvalue weighted by Crippen LogP contribution is -2.16. The lowest BCUT2D eigenvalue weighted by molar-refractivity contribution is 0.0450. The smallest absolute Gasteiger partial charge is 0.339 e. The Morgan fingerprint density at radius 1 is 0.543 bits per heavy atom. The number of allylic oxidation sites excluding steroid dienone is 2. The molecule has 1 N–H and O–H groups in total. The molecule has 0 spiro atoms. The Labute approximate surface area is 280 Å². The van der Waals surface area contributed by atoms with Crippen molar-refractivity contribution in [1.29, 1.82) is 0 Å². The largest absolute Gasteiger partial charge is 0.462 e. The normalized spacial score (nSPS) is 11.3. The first kappa shape index (κ1) is 41.6. The summed E-state index contributed by atoms with van der Waals surface area (Å²) in [5, 5.41) is 0. The third kappa shape index (κ3) is 21.4. The molecule has 0 saturated heterocycles. The molecule has 7 nitrogen and oxygen atoms in total. The van der Waals surface area contributed by atoms with Crippen molar-refractivity contribution >= 4 is 22.1 Å². The monoisotopic (exact) mass is 662 g/mol. The van der Waals surface area contributed by atoms with E-state index in [0.29, 0.717) is 12.8 Å². The summed E-state index contributed by atoms with van der Waals surface area (Å²) in [7, 11) is -4.56. The highest BCUT2D eigenvalue weighted by Gasteiger charge is 2.23. The Morgan fingerprint density at radius 3 is 1.22 bits per heavy atom. The Morgan fingerprint density at radius 2 is 0.870 bits per heavy atom. The van der Waals surface area contributed by atoms with E-state index >= 15 is 0 Å².